The van der Waals surface area contributed by atoms with Gasteiger partial charge in [-0.1, -0.05) is 23.7 Å². The topological polar surface area (TPSA) is 75.4 Å². The van der Waals surface area contributed by atoms with E-state index in [0.717, 1.165) is 35.6 Å². The Kier molecular flexibility index (Phi) is 4.96. The summed E-state index contributed by atoms with van der Waals surface area (Å²) in [6.45, 7) is 3.03. The molecule has 3 rings (SSSR count). The van der Waals surface area contributed by atoms with Gasteiger partial charge in [0.15, 0.2) is 0 Å². The maximum atomic E-state index is 11.3. The summed E-state index contributed by atoms with van der Waals surface area (Å²) in [6.07, 6.45) is 0.0262. The quantitative estimate of drug-likeness (QED) is 0.867. The van der Waals surface area contributed by atoms with E-state index in [2.05, 4.69) is 10.00 Å². The summed E-state index contributed by atoms with van der Waals surface area (Å²) in [5.41, 5.74) is 2.54. The van der Waals surface area contributed by atoms with Crippen molar-refractivity contribution in [2.24, 2.45) is 0 Å². The van der Waals surface area contributed by atoms with Gasteiger partial charge in [0.05, 0.1) is 23.7 Å². The molecule has 2 heterocycles. The summed E-state index contributed by atoms with van der Waals surface area (Å²) in [5, 5.41) is 15.1. The molecule has 1 N–H and O–H groups in total. The van der Waals surface area contributed by atoms with Gasteiger partial charge in [-0.15, -0.1) is 0 Å². The minimum Gasteiger partial charge on any atom is -0.386 e. The molecule has 130 valence electrons. The van der Waals surface area contributed by atoms with E-state index in [1.54, 1.807) is 6.07 Å². The molecule has 0 bridgehead atoms. The molecule has 0 aliphatic carbocycles. The fourth-order valence-electron chi connectivity index (χ4n) is 2.91. The molecular weight excluding hydrogens is 350 g/mol. The Morgan fingerprint density at radius 2 is 2.12 bits per heavy atom. The third kappa shape index (κ3) is 4.36. The molecule has 0 radical (unpaired) electrons. The second kappa shape index (κ2) is 6.84. The molecule has 1 aliphatic heterocycles. The first kappa shape index (κ1) is 17.4. The molecule has 1 unspecified atom stereocenters. The number of hydrogen-bond donors (Lipinski definition) is 1. The molecule has 0 saturated heterocycles. The first-order valence-electron chi connectivity index (χ1n) is 7.69. The summed E-state index contributed by atoms with van der Waals surface area (Å²) in [5.74, 6) is -0.310. The van der Waals surface area contributed by atoms with Crippen molar-refractivity contribution in [3.05, 3.63) is 52.3 Å². The van der Waals surface area contributed by atoms with Crippen molar-refractivity contribution in [2.45, 2.75) is 25.7 Å². The van der Waals surface area contributed by atoms with Gasteiger partial charge in [0.2, 0.25) is 0 Å². The van der Waals surface area contributed by atoms with Crippen molar-refractivity contribution in [1.82, 2.24) is 14.7 Å². The molecule has 2 aromatic rings. The van der Waals surface area contributed by atoms with Crippen LogP contribution in [0.5, 0.6) is 0 Å². The standard InChI is InChI=1S/C16H20ClN3O3S/c1-24(22,23)11-16(21)15-8-14-10-19(5-6-20(14)18-15)9-12-3-2-4-13(17)7-12/h2-4,7-8,16,21H,5-6,9-11H2,1H3. The van der Waals surface area contributed by atoms with Crippen LogP contribution in [0.2, 0.25) is 5.02 Å². The Morgan fingerprint density at radius 3 is 2.83 bits per heavy atom. The molecule has 0 fully saturated rings. The SMILES string of the molecule is CS(=O)(=O)CC(O)c1cc2n(n1)CCN(Cc1cccc(Cl)c1)C2. The van der Waals surface area contributed by atoms with Gasteiger partial charge in [-0.05, 0) is 23.8 Å². The minimum atomic E-state index is -3.25. The third-order valence-corrected chi connectivity index (χ3v) is 5.15. The number of sulfone groups is 1. The lowest BCUT2D eigenvalue weighted by Gasteiger charge is -2.27. The van der Waals surface area contributed by atoms with E-state index in [1.165, 1.54) is 0 Å². The van der Waals surface area contributed by atoms with Crippen molar-refractivity contribution < 1.29 is 13.5 Å². The Morgan fingerprint density at radius 1 is 1.33 bits per heavy atom. The predicted octanol–water partition coefficient (Wildman–Crippen LogP) is 1.63. The average Bonchev–Trinajstić information content (AvgIpc) is 2.89. The van der Waals surface area contributed by atoms with Crippen LogP contribution in [0.3, 0.4) is 0 Å². The van der Waals surface area contributed by atoms with Gasteiger partial charge in [0.25, 0.3) is 0 Å². The number of benzene rings is 1. The summed E-state index contributed by atoms with van der Waals surface area (Å²) < 4.78 is 24.5. The number of rotatable bonds is 5. The van der Waals surface area contributed by atoms with Crippen molar-refractivity contribution in [2.75, 3.05) is 18.6 Å². The molecule has 1 aromatic carbocycles. The molecule has 6 nitrogen and oxygen atoms in total. The van der Waals surface area contributed by atoms with E-state index in [1.807, 2.05) is 28.9 Å². The monoisotopic (exact) mass is 369 g/mol. The van der Waals surface area contributed by atoms with Crippen LogP contribution >= 0.6 is 11.6 Å². The normalized spacial score (nSPS) is 16.8. The number of aromatic nitrogens is 2. The van der Waals surface area contributed by atoms with Crippen molar-refractivity contribution in [3.8, 4) is 0 Å². The van der Waals surface area contributed by atoms with Gasteiger partial charge < -0.3 is 5.11 Å². The van der Waals surface area contributed by atoms with Crippen LogP contribution in [-0.2, 0) is 29.5 Å². The lowest BCUT2D eigenvalue weighted by molar-refractivity contribution is 0.191. The Hall–Kier alpha value is -1.41. The smallest absolute Gasteiger partial charge is 0.150 e. The number of hydrogen-bond acceptors (Lipinski definition) is 5. The molecule has 8 heteroatoms. The van der Waals surface area contributed by atoms with Gasteiger partial charge >= 0.3 is 0 Å². The number of fused-ring (bicyclic) bond motifs is 1. The summed E-state index contributed by atoms with van der Waals surface area (Å²) in [6, 6.07) is 9.57. The molecule has 0 spiro atoms. The predicted molar refractivity (Wildman–Crippen MR) is 92.5 cm³/mol. The zero-order chi connectivity index (χ0) is 17.3. The van der Waals surface area contributed by atoms with Crippen LogP contribution in [0.4, 0.5) is 0 Å². The number of halogens is 1. The van der Waals surface area contributed by atoms with Gasteiger partial charge in [-0.25, -0.2) is 8.42 Å². The lowest BCUT2D eigenvalue weighted by Crippen LogP contribution is -2.33. The van der Waals surface area contributed by atoms with Crippen LogP contribution in [-0.4, -0.2) is 46.8 Å². The van der Waals surface area contributed by atoms with E-state index in [-0.39, 0.29) is 5.75 Å². The maximum Gasteiger partial charge on any atom is 0.150 e. The highest BCUT2D eigenvalue weighted by Gasteiger charge is 2.23. The maximum absolute atomic E-state index is 11.3. The van der Waals surface area contributed by atoms with Crippen LogP contribution in [0.15, 0.2) is 30.3 Å². The zero-order valence-corrected chi connectivity index (χ0v) is 15.0. The fourth-order valence-corrected chi connectivity index (χ4v) is 3.86. The second-order valence-corrected chi connectivity index (χ2v) is 8.85. The van der Waals surface area contributed by atoms with Gasteiger partial charge in [0.1, 0.15) is 15.9 Å². The summed E-state index contributed by atoms with van der Waals surface area (Å²) in [4.78, 5) is 2.27. The average molecular weight is 370 g/mol. The van der Waals surface area contributed by atoms with E-state index >= 15 is 0 Å². The molecule has 0 saturated carbocycles. The fraction of sp³-hybridized carbons (Fsp3) is 0.438. The number of aliphatic hydroxyl groups is 1. The van der Waals surface area contributed by atoms with E-state index in [4.69, 9.17) is 11.6 Å². The number of aliphatic hydroxyl groups excluding tert-OH is 1. The van der Waals surface area contributed by atoms with Gasteiger partial charge in [-0.2, -0.15) is 5.10 Å². The van der Waals surface area contributed by atoms with Crippen LogP contribution in [0.1, 0.15) is 23.1 Å². The minimum absolute atomic E-state index is 0.310. The Bertz CT molecular complexity index is 835. The largest absolute Gasteiger partial charge is 0.386 e. The van der Waals surface area contributed by atoms with Gasteiger partial charge in [-0.3, -0.25) is 9.58 Å². The number of nitrogens with zero attached hydrogens (tertiary/aromatic N) is 3. The van der Waals surface area contributed by atoms with Crippen molar-refractivity contribution >= 4 is 21.4 Å². The summed E-state index contributed by atoms with van der Waals surface area (Å²) >= 11 is 6.03. The zero-order valence-electron chi connectivity index (χ0n) is 13.4. The molecule has 0 amide bonds. The Balaban J connectivity index is 1.70. The highest BCUT2D eigenvalue weighted by molar-refractivity contribution is 7.90. The van der Waals surface area contributed by atoms with Crippen molar-refractivity contribution in [3.63, 3.8) is 0 Å². The summed E-state index contributed by atoms with van der Waals surface area (Å²) in [7, 11) is -3.25. The van der Waals surface area contributed by atoms with E-state index in [9.17, 15) is 13.5 Å². The molecule has 24 heavy (non-hydrogen) atoms. The van der Waals surface area contributed by atoms with Crippen LogP contribution < -0.4 is 0 Å². The molecule has 1 atom stereocenters. The first-order chi connectivity index (χ1) is 11.3. The van der Waals surface area contributed by atoms with E-state index in [0.29, 0.717) is 18.8 Å². The van der Waals surface area contributed by atoms with Gasteiger partial charge in [0, 0.05) is 30.9 Å². The molecule has 1 aliphatic rings. The highest BCUT2D eigenvalue weighted by atomic mass is 35.5. The van der Waals surface area contributed by atoms with Crippen LogP contribution in [0, 0.1) is 0 Å². The lowest BCUT2D eigenvalue weighted by atomic mass is 10.2. The first-order valence-corrected chi connectivity index (χ1v) is 10.1. The molecular formula is C16H20ClN3O3S. The Labute approximate surface area is 146 Å². The highest BCUT2D eigenvalue weighted by Crippen LogP contribution is 2.21. The van der Waals surface area contributed by atoms with Crippen LogP contribution in [0.25, 0.3) is 0 Å². The molecule has 1 aromatic heterocycles. The third-order valence-electron chi connectivity index (χ3n) is 3.99. The van der Waals surface area contributed by atoms with E-state index < -0.39 is 15.9 Å². The second-order valence-electron chi connectivity index (χ2n) is 6.23. The van der Waals surface area contributed by atoms with Crippen molar-refractivity contribution in [1.29, 1.82) is 0 Å².